The summed E-state index contributed by atoms with van der Waals surface area (Å²) in [5.74, 6) is -0.229. The van der Waals surface area contributed by atoms with Crippen LogP contribution in [0.2, 0.25) is 0 Å². The summed E-state index contributed by atoms with van der Waals surface area (Å²) in [6.45, 7) is 1.36. The van der Waals surface area contributed by atoms with Gasteiger partial charge in [-0.2, -0.15) is 0 Å². The van der Waals surface area contributed by atoms with Gasteiger partial charge in [0.05, 0.1) is 0 Å². The van der Waals surface area contributed by atoms with Crippen molar-refractivity contribution in [3.63, 3.8) is 0 Å². The smallest absolute Gasteiger partial charge is 0.252 e. The number of rotatable bonds is 5. The second-order valence-electron chi connectivity index (χ2n) is 5.98. The molecule has 0 saturated heterocycles. The second kappa shape index (κ2) is 6.37. The molecule has 1 aliphatic rings. The maximum atomic E-state index is 12.0. The highest BCUT2D eigenvalue weighted by Gasteiger charge is 2.38. The molecular weight excluding hydrogens is 252 g/mol. The highest BCUT2D eigenvalue weighted by molar-refractivity contribution is 5.85. The van der Waals surface area contributed by atoms with E-state index >= 15 is 0 Å². The van der Waals surface area contributed by atoms with Crippen LogP contribution in [0.3, 0.4) is 0 Å². The fourth-order valence-corrected chi connectivity index (χ4v) is 2.74. The molecule has 110 valence electrons. The predicted molar refractivity (Wildman–Crippen MR) is 79.1 cm³/mol. The van der Waals surface area contributed by atoms with Crippen LogP contribution in [-0.4, -0.2) is 35.6 Å². The van der Waals surface area contributed by atoms with Gasteiger partial charge in [-0.25, -0.2) is 0 Å². The van der Waals surface area contributed by atoms with Crippen LogP contribution in [0.4, 0.5) is 0 Å². The Balaban J connectivity index is 1.92. The topological polar surface area (TPSA) is 52.6 Å². The number of nitrogens with zero attached hydrogens (tertiary/aromatic N) is 1. The molecule has 1 fully saturated rings. The third-order valence-electron chi connectivity index (χ3n) is 3.80. The third-order valence-corrected chi connectivity index (χ3v) is 3.80. The van der Waals surface area contributed by atoms with Gasteiger partial charge >= 0.3 is 0 Å². The summed E-state index contributed by atoms with van der Waals surface area (Å²) < 4.78 is 0. The van der Waals surface area contributed by atoms with Crippen LogP contribution < -0.4 is 5.32 Å². The van der Waals surface area contributed by atoms with E-state index in [1.807, 2.05) is 26.2 Å². The van der Waals surface area contributed by atoms with E-state index < -0.39 is 5.60 Å². The van der Waals surface area contributed by atoms with Crippen LogP contribution in [0.15, 0.2) is 24.3 Å². The van der Waals surface area contributed by atoms with Crippen LogP contribution in [0.5, 0.6) is 0 Å². The highest BCUT2D eigenvalue weighted by Crippen LogP contribution is 2.29. The first-order valence-corrected chi connectivity index (χ1v) is 7.23. The standard InChI is InChI=1S/C16H24N2O2/c1-18(2)12-14-7-5-6-13(10-14)11-17-15(19)16(20)8-3-4-9-16/h5-7,10,20H,3-4,8-9,11-12H2,1-2H3,(H,17,19). The molecule has 4 nitrogen and oxygen atoms in total. The van der Waals surface area contributed by atoms with Crippen molar-refractivity contribution in [2.45, 2.75) is 44.4 Å². The van der Waals surface area contributed by atoms with Gasteiger partial charge in [0.15, 0.2) is 0 Å². The van der Waals surface area contributed by atoms with Gasteiger partial charge in [0.25, 0.3) is 5.91 Å². The molecule has 0 atom stereocenters. The van der Waals surface area contributed by atoms with E-state index in [4.69, 9.17) is 0 Å². The fraction of sp³-hybridized carbons (Fsp3) is 0.562. The van der Waals surface area contributed by atoms with E-state index in [1.165, 1.54) is 5.56 Å². The first-order chi connectivity index (χ1) is 9.49. The van der Waals surface area contributed by atoms with Crippen molar-refractivity contribution in [2.75, 3.05) is 14.1 Å². The molecule has 0 bridgehead atoms. The van der Waals surface area contributed by atoms with Crippen LogP contribution >= 0.6 is 0 Å². The Morgan fingerprint density at radius 2 is 1.95 bits per heavy atom. The Kier molecular flexibility index (Phi) is 4.78. The zero-order valence-corrected chi connectivity index (χ0v) is 12.4. The molecule has 20 heavy (non-hydrogen) atoms. The molecule has 1 aromatic carbocycles. The van der Waals surface area contributed by atoms with Gasteiger partial charge in [-0.1, -0.05) is 24.3 Å². The molecule has 0 aromatic heterocycles. The van der Waals surface area contributed by atoms with Crippen molar-refractivity contribution in [1.29, 1.82) is 0 Å². The number of amides is 1. The average Bonchev–Trinajstić information content (AvgIpc) is 2.84. The minimum atomic E-state index is -1.14. The van der Waals surface area contributed by atoms with Crippen molar-refractivity contribution in [2.24, 2.45) is 0 Å². The van der Waals surface area contributed by atoms with Gasteiger partial charge in [0.2, 0.25) is 0 Å². The summed E-state index contributed by atoms with van der Waals surface area (Å²) in [6, 6.07) is 8.18. The number of benzene rings is 1. The molecule has 0 spiro atoms. The quantitative estimate of drug-likeness (QED) is 0.860. The number of nitrogens with one attached hydrogen (secondary N) is 1. The molecule has 1 saturated carbocycles. The maximum absolute atomic E-state index is 12.0. The SMILES string of the molecule is CN(C)Cc1cccc(CNC(=O)C2(O)CCCC2)c1. The Bertz CT molecular complexity index is 465. The highest BCUT2D eigenvalue weighted by atomic mass is 16.3. The Labute approximate surface area is 120 Å². The van der Waals surface area contributed by atoms with Crippen LogP contribution in [0.1, 0.15) is 36.8 Å². The summed E-state index contributed by atoms with van der Waals surface area (Å²) in [6.07, 6.45) is 3.03. The lowest BCUT2D eigenvalue weighted by molar-refractivity contribution is -0.139. The van der Waals surface area contributed by atoms with Crippen LogP contribution in [0, 0.1) is 0 Å². The first kappa shape index (κ1) is 15.0. The maximum Gasteiger partial charge on any atom is 0.252 e. The summed E-state index contributed by atoms with van der Waals surface area (Å²) in [5, 5.41) is 13.1. The lowest BCUT2D eigenvalue weighted by Gasteiger charge is -2.21. The molecule has 0 radical (unpaired) electrons. The van der Waals surface area contributed by atoms with Gasteiger partial charge in [-0.15, -0.1) is 0 Å². The summed E-state index contributed by atoms with van der Waals surface area (Å²) in [7, 11) is 4.06. The molecule has 1 aliphatic carbocycles. The Morgan fingerprint density at radius 3 is 2.60 bits per heavy atom. The number of carbonyl (C=O) groups is 1. The minimum absolute atomic E-state index is 0.229. The van der Waals surface area contributed by atoms with Crippen molar-refractivity contribution in [3.05, 3.63) is 35.4 Å². The predicted octanol–water partition coefficient (Wildman–Crippen LogP) is 1.67. The number of hydrogen-bond acceptors (Lipinski definition) is 3. The average molecular weight is 276 g/mol. The van der Waals surface area contributed by atoms with Gasteiger partial charge in [0.1, 0.15) is 5.60 Å². The molecule has 1 aromatic rings. The van der Waals surface area contributed by atoms with E-state index in [1.54, 1.807) is 0 Å². The van der Waals surface area contributed by atoms with Crippen molar-refractivity contribution in [3.8, 4) is 0 Å². The van der Waals surface area contributed by atoms with Crippen molar-refractivity contribution >= 4 is 5.91 Å². The molecule has 0 unspecified atom stereocenters. The molecule has 0 aliphatic heterocycles. The second-order valence-corrected chi connectivity index (χ2v) is 5.98. The van der Waals surface area contributed by atoms with Crippen LogP contribution in [0.25, 0.3) is 0 Å². The first-order valence-electron chi connectivity index (χ1n) is 7.23. The normalized spacial score (nSPS) is 17.4. The number of aliphatic hydroxyl groups is 1. The van der Waals surface area contributed by atoms with E-state index in [9.17, 15) is 9.90 Å². The Morgan fingerprint density at radius 1 is 1.30 bits per heavy atom. The number of carbonyl (C=O) groups excluding carboxylic acids is 1. The van der Waals surface area contributed by atoms with Gasteiger partial charge < -0.3 is 15.3 Å². The van der Waals surface area contributed by atoms with Crippen molar-refractivity contribution < 1.29 is 9.90 Å². The van der Waals surface area contributed by atoms with Crippen molar-refractivity contribution in [1.82, 2.24) is 10.2 Å². The lowest BCUT2D eigenvalue weighted by Crippen LogP contribution is -2.44. The van der Waals surface area contributed by atoms with Crippen LogP contribution in [-0.2, 0) is 17.9 Å². The largest absolute Gasteiger partial charge is 0.380 e. The van der Waals surface area contributed by atoms with E-state index in [0.717, 1.165) is 24.9 Å². The zero-order chi connectivity index (χ0) is 14.6. The van der Waals surface area contributed by atoms with E-state index in [2.05, 4.69) is 22.3 Å². The molecule has 1 amide bonds. The van der Waals surface area contributed by atoms with E-state index in [0.29, 0.717) is 19.4 Å². The lowest BCUT2D eigenvalue weighted by atomic mass is 10.0. The molecule has 4 heteroatoms. The monoisotopic (exact) mass is 276 g/mol. The minimum Gasteiger partial charge on any atom is -0.380 e. The molecule has 2 rings (SSSR count). The van der Waals surface area contributed by atoms with Gasteiger partial charge in [-0.05, 0) is 50.9 Å². The molecule has 0 heterocycles. The molecule has 2 N–H and O–H groups in total. The fourth-order valence-electron chi connectivity index (χ4n) is 2.74. The zero-order valence-electron chi connectivity index (χ0n) is 12.4. The Hall–Kier alpha value is -1.39. The number of hydrogen-bond donors (Lipinski definition) is 2. The summed E-state index contributed by atoms with van der Waals surface area (Å²) in [4.78, 5) is 14.1. The summed E-state index contributed by atoms with van der Waals surface area (Å²) >= 11 is 0. The molecular formula is C16H24N2O2. The van der Waals surface area contributed by atoms with Gasteiger partial charge in [-0.3, -0.25) is 4.79 Å². The third kappa shape index (κ3) is 3.81. The van der Waals surface area contributed by atoms with E-state index in [-0.39, 0.29) is 5.91 Å². The summed E-state index contributed by atoms with van der Waals surface area (Å²) in [5.41, 5.74) is 1.15. The van der Waals surface area contributed by atoms with Gasteiger partial charge in [0, 0.05) is 13.1 Å².